The number of carbonyl (C=O) groups is 1. The van der Waals surface area contributed by atoms with Crippen LogP contribution in [0.3, 0.4) is 0 Å². The van der Waals surface area contributed by atoms with Crippen LogP contribution in [0.15, 0.2) is 36.4 Å². The standard InChI is InChI=1S/C21H24N2O4/c1-26-15-9-14(10-16(12-15)27-2)20-17(5-3-4-8-22)18-11-13(21(24)25)6-7-19(18)23-20/h6-7,9-12,23H,3-5,8,22H2,1-2H3,(H,24,25). The van der Waals surface area contributed by atoms with E-state index in [4.69, 9.17) is 15.2 Å². The molecule has 142 valence electrons. The highest BCUT2D eigenvalue weighted by Crippen LogP contribution is 2.36. The summed E-state index contributed by atoms with van der Waals surface area (Å²) >= 11 is 0. The van der Waals surface area contributed by atoms with Crippen LogP contribution in [0.1, 0.15) is 28.8 Å². The first-order valence-electron chi connectivity index (χ1n) is 8.88. The van der Waals surface area contributed by atoms with Gasteiger partial charge in [0.05, 0.1) is 19.8 Å². The summed E-state index contributed by atoms with van der Waals surface area (Å²) in [7, 11) is 3.23. The number of hydrogen-bond donors (Lipinski definition) is 3. The van der Waals surface area contributed by atoms with Gasteiger partial charge in [-0.15, -0.1) is 0 Å². The number of nitrogens with one attached hydrogen (secondary N) is 1. The van der Waals surface area contributed by atoms with E-state index in [1.807, 2.05) is 24.3 Å². The van der Waals surface area contributed by atoms with Crippen LogP contribution in [0.2, 0.25) is 0 Å². The highest BCUT2D eigenvalue weighted by atomic mass is 16.5. The zero-order chi connectivity index (χ0) is 19.4. The molecule has 4 N–H and O–H groups in total. The SMILES string of the molecule is COc1cc(OC)cc(-c2[nH]c3ccc(C(=O)O)cc3c2CCCCN)c1. The number of aromatic amines is 1. The number of aromatic carboxylic acids is 1. The van der Waals surface area contributed by atoms with Crippen molar-refractivity contribution in [3.8, 4) is 22.8 Å². The first-order valence-corrected chi connectivity index (χ1v) is 8.88. The average molecular weight is 368 g/mol. The molecule has 6 heteroatoms. The molecule has 0 spiro atoms. The van der Waals surface area contributed by atoms with Crippen molar-refractivity contribution in [2.75, 3.05) is 20.8 Å². The second-order valence-electron chi connectivity index (χ2n) is 6.39. The number of unbranched alkanes of at least 4 members (excludes halogenated alkanes) is 1. The lowest BCUT2D eigenvalue weighted by Gasteiger charge is -2.10. The van der Waals surface area contributed by atoms with E-state index in [1.54, 1.807) is 26.4 Å². The van der Waals surface area contributed by atoms with E-state index in [2.05, 4.69) is 4.98 Å². The van der Waals surface area contributed by atoms with Crippen LogP contribution in [0.4, 0.5) is 0 Å². The van der Waals surface area contributed by atoms with Gasteiger partial charge in [0.1, 0.15) is 11.5 Å². The van der Waals surface area contributed by atoms with Gasteiger partial charge in [-0.05, 0) is 61.7 Å². The fraction of sp³-hybridized carbons (Fsp3) is 0.286. The summed E-state index contributed by atoms with van der Waals surface area (Å²) in [4.78, 5) is 14.8. The minimum Gasteiger partial charge on any atom is -0.497 e. The van der Waals surface area contributed by atoms with Gasteiger partial charge in [0.2, 0.25) is 0 Å². The molecular weight excluding hydrogens is 344 g/mol. The number of rotatable bonds is 8. The Balaban J connectivity index is 2.18. The predicted octanol–water partition coefficient (Wildman–Crippen LogP) is 3.83. The number of H-pyrrole nitrogens is 1. The number of methoxy groups -OCH3 is 2. The fourth-order valence-corrected chi connectivity index (χ4v) is 3.28. The molecule has 0 saturated carbocycles. The van der Waals surface area contributed by atoms with Gasteiger partial charge in [0.25, 0.3) is 0 Å². The molecule has 6 nitrogen and oxygen atoms in total. The van der Waals surface area contributed by atoms with Crippen LogP contribution in [-0.4, -0.2) is 36.8 Å². The predicted molar refractivity (Wildman–Crippen MR) is 106 cm³/mol. The lowest BCUT2D eigenvalue weighted by molar-refractivity contribution is 0.0697. The van der Waals surface area contributed by atoms with E-state index in [9.17, 15) is 9.90 Å². The molecule has 2 aromatic carbocycles. The summed E-state index contributed by atoms with van der Waals surface area (Å²) in [5, 5.41) is 10.3. The van der Waals surface area contributed by atoms with Crippen molar-refractivity contribution >= 4 is 16.9 Å². The van der Waals surface area contributed by atoms with Crippen molar-refractivity contribution in [1.82, 2.24) is 4.98 Å². The van der Waals surface area contributed by atoms with Crippen LogP contribution < -0.4 is 15.2 Å². The van der Waals surface area contributed by atoms with Gasteiger partial charge in [-0.2, -0.15) is 0 Å². The molecule has 27 heavy (non-hydrogen) atoms. The molecule has 3 aromatic rings. The molecule has 0 atom stereocenters. The van der Waals surface area contributed by atoms with Crippen molar-refractivity contribution in [2.45, 2.75) is 19.3 Å². The molecule has 0 aliphatic rings. The van der Waals surface area contributed by atoms with Gasteiger partial charge in [-0.25, -0.2) is 4.79 Å². The Labute approximate surface area is 157 Å². The van der Waals surface area contributed by atoms with Gasteiger partial charge in [-0.3, -0.25) is 0 Å². The lowest BCUT2D eigenvalue weighted by Crippen LogP contribution is -2.00. The number of nitrogens with two attached hydrogens (primary N) is 1. The van der Waals surface area contributed by atoms with Crippen molar-refractivity contribution in [1.29, 1.82) is 0 Å². The summed E-state index contributed by atoms with van der Waals surface area (Å²) in [6.45, 7) is 0.630. The van der Waals surface area contributed by atoms with E-state index in [1.165, 1.54) is 0 Å². The third-order valence-corrected chi connectivity index (χ3v) is 4.67. The molecule has 0 saturated heterocycles. The number of aromatic nitrogens is 1. The Morgan fingerprint density at radius 3 is 2.37 bits per heavy atom. The van der Waals surface area contributed by atoms with Crippen molar-refractivity contribution in [2.24, 2.45) is 5.73 Å². The minimum absolute atomic E-state index is 0.274. The maximum atomic E-state index is 11.4. The molecule has 0 aliphatic heterocycles. The topological polar surface area (TPSA) is 97.6 Å². The quantitative estimate of drug-likeness (QED) is 0.525. The largest absolute Gasteiger partial charge is 0.497 e. The first kappa shape index (κ1) is 18.8. The van der Waals surface area contributed by atoms with Crippen LogP contribution in [-0.2, 0) is 6.42 Å². The Kier molecular flexibility index (Phi) is 5.66. The first-order chi connectivity index (χ1) is 13.1. The summed E-state index contributed by atoms with van der Waals surface area (Å²) < 4.78 is 10.8. The normalized spacial score (nSPS) is 10.9. The number of benzene rings is 2. The Morgan fingerprint density at radius 2 is 1.78 bits per heavy atom. The zero-order valence-electron chi connectivity index (χ0n) is 15.5. The summed E-state index contributed by atoms with van der Waals surface area (Å²) in [6, 6.07) is 10.9. The maximum absolute atomic E-state index is 11.4. The molecular formula is C21H24N2O4. The minimum atomic E-state index is -0.935. The van der Waals surface area contributed by atoms with Gasteiger partial charge in [0, 0.05) is 28.2 Å². The highest BCUT2D eigenvalue weighted by molar-refractivity contribution is 5.97. The second-order valence-corrected chi connectivity index (χ2v) is 6.39. The third-order valence-electron chi connectivity index (χ3n) is 4.67. The molecule has 0 radical (unpaired) electrons. The molecule has 0 amide bonds. The van der Waals surface area contributed by atoms with Gasteiger partial charge in [-0.1, -0.05) is 0 Å². The fourth-order valence-electron chi connectivity index (χ4n) is 3.28. The summed E-state index contributed by atoms with van der Waals surface area (Å²) in [5.41, 5.74) is 9.79. The number of carboxylic acid groups (broad SMARTS) is 1. The molecule has 0 aliphatic carbocycles. The van der Waals surface area contributed by atoms with Crippen LogP contribution in [0.25, 0.3) is 22.2 Å². The van der Waals surface area contributed by atoms with Crippen molar-refractivity contribution < 1.29 is 19.4 Å². The van der Waals surface area contributed by atoms with E-state index in [-0.39, 0.29) is 5.56 Å². The maximum Gasteiger partial charge on any atom is 0.335 e. The van der Waals surface area contributed by atoms with Crippen LogP contribution in [0.5, 0.6) is 11.5 Å². The van der Waals surface area contributed by atoms with Gasteiger partial charge in [0.15, 0.2) is 0 Å². The third kappa shape index (κ3) is 3.90. The van der Waals surface area contributed by atoms with E-state index in [0.717, 1.165) is 47.0 Å². The number of aryl methyl sites for hydroxylation is 1. The second kappa shape index (κ2) is 8.14. The number of hydrogen-bond acceptors (Lipinski definition) is 4. The van der Waals surface area contributed by atoms with E-state index >= 15 is 0 Å². The van der Waals surface area contributed by atoms with Crippen molar-refractivity contribution in [3.63, 3.8) is 0 Å². The summed E-state index contributed by atoms with van der Waals surface area (Å²) in [6.07, 6.45) is 2.64. The highest BCUT2D eigenvalue weighted by Gasteiger charge is 2.16. The molecule has 1 aromatic heterocycles. The molecule has 3 rings (SSSR count). The molecule has 0 bridgehead atoms. The van der Waals surface area contributed by atoms with Crippen LogP contribution in [0, 0.1) is 0 Å². The van der Waals surface area contributed by atoms with Gasteiger partial charge >= 0.3 is 5.97 Å². The molecule has 0 fully saturated rings. The van der Waals surface area contributed by atoms with Crippen LogP contribution >= 0.6 is 0 Å². The zero-order valence-corrected chi connectivity index (χ0v) is 15.5. The van der Waals surface area contributed by atoms with Crippen molar-refractivity contribution in [3.05, 3.63) is 47.5 Å². The Morgan fingerprint density at radius 1 is 1.07 bits per heavy atom. The Hall–Kier alpha value is -2.99. The number of carboxylic acids is 1. The molecule has 0 unspecified atom stereocenters. The number of fused-ring (bicyclic) bond motifs is 1. The Bertz CT molecular complexity index is 940. The van der Waals surface area contributed by atoms with E-state index in [0.29, 0.717) is 18.0 Å². The average Bonchev–Trinajstić information content (AvgIpc) is 3.05. The summed E-state index contributed by atoms with van der Waals surface area (Å²) in [5.74, 6) is 0.458. The lowest BCUT2D eigenvalue weighted by atomic mass is 9.99. The number of ether oxygens (including phenoxy) is 2. The monoisotopic (exact) mass is 368 g/mol. The molecule has 1 heterocycles. The van der Waals surface area contributed by atoms with E-state index < -0.39 is 5.97 Å². The van der Waals surface area contributed by atoms with Gasteiger partial charge < -0.3 is 25.3 Å². The smallest absolute Gasteiger partial charge is 0.335 e.